The standard InChI is InChI=1S/C21H22FNO5/c1-14-7-10-16(11-8-14)23-21(27)28-19(5-3-2-4-6-20(25)26)15-9-12-18(24)17(22)13-15/h4,6-13,19,24H,2-3,5H2,1H3,(H,23,27)(H,25,26)/b6-4+/t19-/m0/s1. The van der Waals surface area contributed by atoms with Crippen molar-refractivity contribution in [2.24, 2.45) is 0 Å². The van der Waals surface area contributed by atoms with Gasteiger partial charge in [0.1, 0.15) is 6.10 Å². The molecular weight excluding hydrogens is 365 g/mol. The van der Waals surface area contributed by atoms with Crippen LogP contribution in [0.2, 0.25) is 0 Å². The molecule has 28 heavy (non-hydrogen) atoms. The van der Waals surface area contributed by atoms with Gasteiger partial charge in [-0.15, -0.1) is 0 Å². The maximum Gasteiger partial charge on any atom is 0.412 e. The van der Waals surface area contributed by atoms with Crippen LogP contribution in [-0.4, -0.2) is 22.3 Å². The zero-order valence-corrected chi connectivity index (χ0v) is 15.4. The number of aliphatic carboxylic acids is 1. The number of allylic oxidation sites excluding steroid dienone is 1. The lowest BCUT2D eigenvalue weighted by atomic mass is 10.0. The molecule has 0 heterocycles. The fourth-order valence-electron chi connectivity index (χ4n) is 2.54. The molecule has 0 radical (unpaired) electrons. The number of carboxylic acid groups (broad SMARTS) is 1. The number of halogens is 1. The van der Waals surface area contributed by atoms with Crippen LogP contribution in [0.5, 0.6) is 5.75 Å². The molecule has 0 aliphatic carbocycles. The summed E-state index contributed by atoms with van der Waals surface area (Å²) in [5.41, 5.74) is 2.01. The minimum atomic E-state index is -1.04. The first-order valence-electron chi connectivity index (χ1n) is 8.77. The largest absolute Gasteiger partial charge is 0.505 e. The minimum absolute atomic E-state index is 0.357. The summed E-state index contributed by atoms with van der Waals surface area (Å²) < 4.78 is 19.2. The van der Waals surface area contributed by atoms with E-state index in [1.165, 1.54) is 18.2 Å². The Morgan fingerprint density at radius 3 is 2.57 bits per heavy atom. The van der Waals surface area contributed by atoms with E-state index in [4.69, 9.17) is 9.84 Å². The van der Waals surface area contributed by atoms with Crippen LogP contribution < -0.4 is 5.32 Å². The Balaban J connectivity index is 2.05. The zero-order chi connectivity index (χ0) is 20.5. The fraction of sp³-hybridized carbons (Fsp3) is 0.238. The SMILES string of the molecule is Cc1ccc(NC(=O)O[C@@H](CCC/C=C/C(=O)O)c2ccc(O)c(F)c2)cc1. The topological polar surface area (TPSA) is 95.9 Å². The number of unbranched alkanes of at least 4 members (excludes halogenated alkanes) is 1. The Morgan fingerprint density at radius 2 is 1.93 bits per heavy atom. The maximum absolute atomic E-state index is 13.7. The fourth-order valence-corrected chi connectivity index (χ4v) is 2.54. The highest BCUT2D eigenvalue weighted by Gasteiger charge is 2.18. The molecule has 0 spiro atoms. The quantitative estimate of drug-likeness (QED) is 0.440. The highest BCUT2D eigenvalue weighted by atomic mass is 19.1. The number of anilines is 1. The molecule has 2 rings (SSSR count). The Hall–Kier alpha value is -3.35. The molecule has 0 saturated heterocycles. The van der Waals surface area contributed by atoms with Gasteiger partial charge in [-0.3, -0.25) is 5.32 Å². The van der Waals surface area contributed by atoms with Crippen LogP contribution in [0.1, 0.15) is 36.5 Å². The van der Waals surface area contributed by atoms with Crippen LogP contribution in [0, 0.1) is 12.7 Å². The molecule has 1 atom stereocenters. The summed E-state index contributed by atoms with van der Waals surface area (Å²) in [7, 11) is 0. The van der Waals surface area contributed by atoms with E-state index >= 15 is 0 Å². The molecule has 3 N–H and O–H groups in total. The number of aromatic hydroxyl groups is 1. The molecule has 2 aromatic carbocycles. The zero-order valence-electron chi connectivity index (χ0n) is 15.4. The van der Waals surface area contributed by atoms with Crippen LogP contribution in [0.4, 0.5) is 14.9 Å². The van der Waals surface area contributed by atoms with Gasteiger partial charge >= 0.3 is 12.1 Å². The first-order valence-corrected chi connectivity index (χ1v) is 8.77. The second-order valence-electron chi connectivity index (χ2n) is 6.27. The van der Waals surface area contributed by atoms with Crippen molar-refractivity contribution in [2.45, 2.75) is 32.3 Å². The lowest BCUT2D eigenvalue weighted by Crippen LogP contribution is -2.17. The minimum Gasteiger partial charge on any atom is -0.505 e. The van der Waals surface area contributed by atoms with Crippen molar-refractivity contribution in [3.8, 4) is 5.75 Å². The monoisotopic (exact) mass is 387 g/mol. The molecule has 2 aromatic rings. The van der Waals surface area contributed by atoms with Gasteiger partial charge in [0, 0.05) is 11.8 Å². The normalized spacial score (nSPS) is 11.9. The molecule has 0 aromatic heterocycles. The Kier molecular flexibility index (Phi) is 7.56. The molecular formula is C21H22FNO5. The van der Waals surface area contributed by atoms with Crippen molar-refractivity contribution in [2.75, 3.05) is 5.32 Å². The number of benzene rings is 2. The average molecular weight is 387 g/mol. The predicted molar refractivity (Wildman–Crippen MR) is 103 cm³/mol. The number of ether oxygens (including phenoxy) is 1. The van der Waals surface area contributed by atoms with Crippen LogP contribution in [0.15, 0.2) is 54.6 Å². The van der Waals surface area contributed by atoms with Crippen LogP contribution >= 0.6 is 0 Å². The lowest BCUT2D eigenvalue weighted by Gasteiger charge is -2.19. The molecule has 6 nitrogen and oxygen atoms in total. The van der Waals surface area contributed by atoms with Gasteiger partial charge in [0.25, 0.3) is 0 Å². The van der Waals surface area contributed by atoms with E-state index in [9.17, 15) is 19.1 Å². The first kappa shape index (κ1) is 21.0. The van der Waals surface area contributed by atoms with Crippen molar-refractivity contribution in [3.63, 3.8) is 0 Å². The van der Waals surface area contributed by atoms with Gasteiger partial charge in [0.05, 0.1) is 0 Å². The van der Waals surface area contributed by atoms with Gasteiger partial charge in [-0.1, -0.05) is 29.8 Å². The number of nitrogens with one attached hydrogen (secondary N) is 1. The third-order valence-electron chi connectivity index (χ3n) is 3.99. The van der Waals surface area contributed by atoms with Gasteiger partial charge in [-0.2, -0.15) is 0 Å². The van der Waals surface area contributed by atoms with Crippen molar-refractivity contribution in [1.29, 1.82) is 0 Å². The highest BCUT2D eigenvalue weighted by molar-refractivity contribution is 5.84. The number of hydrogen-bond acceptors (Lipinski definition) is 4. The molecule has 7 heteroatoms. The van der Waals surface area contributed by atoms with E-state index < -0.39 is 29.7 Å². The molecule has 0 bridgehead atoms. The Labute approximate surface area is 162 Å². The van der Waals surface area contributed by atoms with Gasteiger partial charge in [-0.05, 0) is 56.0 Å². The molecule has 0 fully saturated rings. The summed E-state index contributed by atoms with van der Waals surface area (Å²) in [5, 5.41) is 20.6. The first-order chi connectivity index (χ1) is 13.3. The summed E-state index contributed by atoms with van der Waals surface area (Å²) in [5.74, 6) is -2.34. The number of hydrogen-bond donors (Lipinski definition) is 3. The number of phenols is 1. The van der Waals surface area contributed by atoms with Crippen LogP contribution in [-0.2, 0) is 9.53 Å². The summed E-state index contributed by atoms with van der Waals surface area (Å²) in [6.45, 7) is 1.93. The molecule has 148 valence electrons. The summed E-state index contributed by atoms with van der Waals surface area (Å²) in [6, 6.07) is 11.0. The van der Waals surface area contributed by atoms with Crippen molar-refractivity contribution in [3.05, 3.63) is 71.6 Å². The van der Waals surface area contributed by atoms with E-state index in [2.05, 4.69) is 5.32 Å². The number of aryl methyl sites for hydroxylation is 1. The molecule has 0 saturated carbocycles. The van der Waals surface area contributed by atoms with E-state index in [1.807, 2.05) is 19.1 Å². The number of phenolic OH excluding ortho intramolecular Hbond substituents is 1. The van der Waals surface area contributed by atoms with Crippen LogP contribution in [0.3, 0.4) is 0 Å². The van der Waals surface area contributed by atoms with Gasteiger partial charge in [-0.25, -0.2) is 14.0 Å². The van der Waals surface area contributed by atoms with Crippen molar-refractivity contribution in [1.82, 2.24) is 0 Å². The second-order valence-corrected chi connectivity index (χ2v) is 6.27. The molecule has 0 unspecified atom stereocenters. The van der Waals surface area contributed by atoms with E-state index in [0.717, 1.165) is 17.7 Å². The van der Waals surface area contributed by atoms with Crippen molar-refractivity contribution >= 4 is 17.7 Å². The summed E-state index contributed by atoms with van der Waals surface area (Å²) in [6.07, 6.45) is 2.45. The Morgan fingerprint density at radius 1 is 1.21 bits per heavy atom. The lowest BCUT2D eigenvalue weighted by molar-refractivity contribution is -0.131. The predicted octanol–water partition coefficient (Wildman–Crippen LogP) is 4.94. The van der Waals surface area contributed by atoms with Gasteiger partial charge in [0.2, 0.25) is 0 Å². The molecule has 0 aliphatic heterocycles. The summed E-state index contributed by atoms with van der Waals surface area (Å²) in [4.78, 5) is 22.7. The third kappa shape index (κ3) is 6.75. The number of carbonyl (C=O) groups is 2. The second kappa shape index (κ2) is 10.1. The van der Waals surface area contributed by atoms with Crippen molar-refractivity contribution < 1.29 is 28.9 Å². The maximum atomic E-state index is 13.7. The average Bonchev–Trinajstić information content (AvgIpc) is 2.64. The van der Waals surface area contributed by atoms with E-state index in [1.54, 1.807) is 12.1 Å². The smallest absolute Gasteiger partial charge is 0.412 e. The highest BCUT2D eigenvalue weighted by Crippen LogP contribution is 2.28. The number of carbonyl (C=O) groups excluding carboxylic acids is 1. The third-order valence-corrected chi connectivity index (χ3v) is 3.99. The van der Waals surface area contributed by atoms with Gasteiger partial charge < -0.3 is 14.9 Å². The number of carboxylic acids is 1. The van der Waals surface area contributed by atoms with E-state index in [0.29, 0.717) is 30.5 Å². The van der Waals surface area contributed by atoms with E-state index in [-0.39, 0.29) is 0 Å². The molecule has 0 aliphatic rings. The summed E-state index contributed by atoms with van der Waals surface area (Å²) >= 11 is 0. The molecule has 1 amide bonds. The van der Waals surface area contributed by atoms with Crippen LogP contribution in [0.25, 0.3) is 0 Å². The number of amides is 1. The number of rotatable bonds is 8. The Bertz CT molecular complexity index is 848. The van der Waals surface area contributed by atoms with Gasteiger partial charge in [0.15, 0.2) is 11.6 Å².